The third-order valence-corrected chi connectivity index (χ3v) is 6.99. The summed E-state index contributed by atoms with van der Waals surface area (Å²) in [5.74, 6) is -0.0926. The van der Waals surface area contributed by atoms with Gasteiger partial charge in [0, 0.05) is 11.0 Å². The van der Waals surface area contributed by atoms with Crippen LogP contribution in [0.2, 0.25) is 0 Å². The second kappa shape index (κ2) is 16.4. The van der Waals surface area contributed by atoms with Crippen molar-refractivity contribution in [2.24, 2.45) is 0 Å². The number of hydrogen-bond acceptors (Lipinski definition) is 8. The maximum atomic E-state index is 12.7. The molecule has 0 saturated heterocycles. The molecular formula is C34H41N3O6S. The van der Waals surface area contributed by atoms with Gasteiger partial charge in [-0.05, 0) is 82.9 Å². The Morgan fingerprint density at radius 2 is 1.70 bits per heavy atom. The Labute approximate surface area is 263 Å². The maximum Gasteiger partial charge on any atom is 0.408 e. The van der Waals surface area contributed by atoms with Gasteiger partial charge in [-0.2, -0.15) is 0 Å². The van der Waals surface area contributed by atoms with Crippen molar-refractivity contribution in [2.45, 2.75) is 66.2 Å². The highest BCUT2D eigenvalue weighted by molar-refractivity contribution is 7.09. The molecule has 3 aromatic rings. The van der Waals surface area contributed by atoms with Gasteiger partial charge in [-0.1, -0.05) is 48.5 Å². The van der Waals surface area contributed by atoms with Crippen LogP contribution in [0.1, 0.15) is 69.4 Å². The number of hydrogen-bond donors (Lipinski definition) is 2. The van der Waals surface area contributed by atoms with Crippen molar-refractivity contribution in [3.05, 3.63) is 99.0 Å². The van der Waals surface area contributed by atoms with Crippen molar-refractivity contribution in [2.75, 3.05) is 13.2 Å². The zero-order chi connectivity index (χ0) is 32.1. The normalized spacial score (nSPS) is 12.7. The average Bonchev–Trinajstić information content (AvgIpc) is 3.43. The Morgan fingerprint density at radius 1 is 1.00 bits per heavy atom. The van der Waals surface area contributed by atoms with Crippen LogP contribution in [-0.2, 0) is 32.1 Å². The molecule has 0 saturated carbocycles. The minimum Gasteiger partial charge on any atom is -0.489 e. The molecular weight excluding hydrogens is 578 g/mol. The van der Waals surface area contributed by atoms with Gasteiger partial charge >= 0.3 is 12.1 Å². The van der Waals surface area contributed by atoms with Crippen LogP contribution in [0.25, 0.3) is 6.08 Å². The number of ether oxygens (including phenoxy) is 3. The molecule has 0 bridgehead atoms. The molecule has 2 amide bonds. The van der Waals surface area contributed by atoms with E-state index in [4.69, 9.17) is 19.2 Å². The quantitative estimate of drug-likeness (QED) is 0.126. The van der Waals surface area contributed by atoms with Crippen LogP contribution in [0.15, 0.2) is 77.2 Å². The molecule has 3 rings (SSSR count). The molecule has 10 heteroatoms. The predicted molar refractivity (Wildman–Crippen MR) is 172 cm³/mol. The molecule has 0 unspecified atom stereocenters. The van der Waals surface area contributed by atoms with E-state index >= 15 is 0 Å². The third-order valence-electron chi connectivity index (χ3n) is 6.02. The van der Waals surface area contributed by atoms with Crippen molar-refractivity contribution in [3.63, 3.8) is 0 Å². The van der Waals surface area contributed by atoms with E-state index in [1.165, 1.54) is 11.3 Å². The van der Waals surface area contributed by atoms with Gasteiger partial charge in [-0.3, -0.25) is 9.59 Å². The van der Waals surface area contributed by atoms with Crippen molar-refractivity contribution >= 4 is 35.4 Å². The summed E-state index contributed by atoms with van der Waals surface area (Å²) in [6, 6.07) is 17.3. The summed E-state index contributed by atoms with van der Waals surface area (Å²) in [7, 11) is 0. The first-order valence-electron chi connectivity index (χ1n) is 14.4. The van der Waals surface area contributed by atoms with Crippen molar-refractivity contribution < 1.29 is 28.6 Å². The van der Waals surface area contributed by atoms with E-state index in [1.807, 2.05) is 93.7 Å². The number of aromatic nitrogens is 1. The number of amides is 2. The lowest BCUT2D eigenvalue weighted by Crippen LogP contribution is -2.35. The van der Waals surface area contributed by atoms with E-state index in [1.54, 1.807) is 19.9 Å². The van der Waals surface area contributed by atoms with E-state index < -0.39 is 23.7 Å². The summed E-state index contributed by atoms with van der Waals surface area (Å²) < 4.78 is 16.3. The molecule has 44 heavy (non-hydrogen) atoms. The first-order chi connectivity index (χ1) is 20.9. The van der Waals surface area contributed by atoms with Crippen LogP contribution in [0.4, 0.5) is 4.79 Å². The molecule has 2 N–H and O–H groups in total. The molecule has 1 heterocycles. The molecule has 2 aromatic carbocycles. The minimum atomic E-state index is -0.646. The second-order valence-corrected chi connectivity index (χ2v) is 12.0. The van der Waals surface area contributed by atoms with Gasteiger partial charge in [0.1, 0.15) is 29.5 Å². The first-order valence-corrected chi connectivity index (χ1v) is 15.3. The number of carbonyl (C=O) groups is 3. The summed E-state index contributed by atoms with van der Waals surface area (Å²) >= 11 is 1.43. The van der Waals surface area contributed by atoms with Gasteiger partial charge in [0.05, 0.1) is 18.3 Å². The average molecular weight is 620 g/mol. The number of alkyl carbamates (subject to hydrolysis) is 1. The SMILES string of the molecule is CCOC(=O)CNC(=O)/C(C)=C\C(C)=C\c1csc([C@H](Cc2ccc(OCc3ccccc3)cc2)NC(=O)OC(C)(C)C)n1. The molecule has 0 aliphatic carbocycles. The molecule has 1 atom stereocenters. The lowest BCUT2D eigenvalue weighted by Gasteiger charge is -2.23. The fourth-order valence-corrected chi connectivity index (χ4v) is 4.89. The molecule has 234 valence electrons. The number of benzene rings is 2. The highest BCUT2D eigenvalue weighted by atomic mass is 32.1. The number of thiazole rings is 1. The van der Waals surface area contributed by atoms with E-state index in [0.717, 1.165) is 22.4 Å². The highest BCUT2D eigenvalue weighted by Crippen LogP contribution is 2.26. The van der Waals surface area contributed by atoms with Crippen LogP contribution in [0, 0.1) is 0 Å². The van der Waals surface area contributed by atoms with Crippen LogP contribution >= 0.6 is 11.3 Å². The fraction of sp³-hybridized carbons (Fsp3) is 0.353. The number of nitrogens with one attached hydrogen (secondary N) is 2. The largest absolute Gasteiger partial charge is 0.489 e. The Balaban J connectivity index is 1.71. The second-order valence-electron chi connectivity index (χ2n) is 11.1. The van der Waals surface area contributed by atoms with Crippen LogP contribution in [0.5, 0.6) is 5.75 Å². The Bertz CT molecular complexity index is 1460. The monoisotopic (exact) mass is 619 g/mol. The molecule has 9 nitrogen and oxygen atoms in total. The molecule has 0 radical (unpaired) electrons. The van der Waals surface area contributed by atoms with E-state index in [2.05, 4.69) is 10.6 Å². The van der Waals surface area contributed by atoms with E-state index in [0.29, 0.717) is 29.3 Å². The Kier molecular flexibility index (Phi) is 12.7. The summed E-state index contributed by atoms with van der Waals surface area (Å²) in [6.45, 7) is 11.2. The molecule has 0 fully saturated rings. The number of nitrogens with zero attached hydrogens (tertiary/aromatic N) is 1. The molecule has 0 aliphatic rings. The lowest BCUT2D eigenvalue weighted by atomic mass is 10.1. The highest BCUT2D eigenvalue weighted by Gasteiger charge is 2.23. The van der Waals surface area contributed by atoms with Crippen LogP contribution in [0.3, 0.4) is 0 Å². The van der Waals surface area contributed by atoms with E-state index in [-0.39, 0.29) is 19.1 Å². The predicted octanol–water partition coefficient (Wildman–Crippen LogP) is 6.56. The van der Waals surface area contributed by atoms with Gasteiger partial charge in [0.25, 0.3) is 0 Å². The number of rotatable bonds is 13. The lowest BCUT2D eigenvalue weighted by molar-refractivity contribution is -0.143. The van der Waals surface area contributed by atoms with E-state index in [9.17, 15) is 14.4 Å². The zero-order valence-electron chi connectivity index (χ0n) is 26.1. The van der Waals surface area contributed by atoms with Crippen molar-refractivity contribution in [3.8, 4) is 5.75 Å². The van der Waals surface area contributed by atoms with Gasteiger partial charge in [-0.15, -0.1) is 11.3 Å². The Morgan fingerprint density at radius 3 is 2.36 bits per heavy atom. The Hall–Kier alpha value is -4.44. The van der Waals surface area contributed by atoms with Crippen molar-refractivity contribution in [1.29, 1.82) is 0 Å². The minimum absolute atomic E-state index is 0.189. The summed E-state index contributed by atoms with van der Waals surface area (Å²) in [6.07, 6.45) is 3.54. The number of carbonyl (C=O) groups excluding carboxylic acids is 3. The molecule has 0 aliphatic heterocycles. The molecule has 0 spiro atoms. The fourth-order valence-electron chi connectivity index (χ4n) is 4.06. The smallest absolute Gasteiger partial charge is 0.408 e. The third kappa shape index (κ3) is 12.0. The summed E-state index contributed by atoms with van der Waals surface area (Å²) in [5, 5.41) is 8.14. The topological polar surface area (TPSA) is 116 Å². The number of allylic oxidation sites excluding steroid dienone is 2. The van der Waals surface area contributed by atoms with Gasteiger partial charge < -0.3 is 24.8 Å². The van der Waals surface area contributed by atoms with Gasteiger partial charge in [0.15, 0.2) is 0 Å². The maximum absolute atomic E-state index is 12.7. The standard InChI is InChI=1S/C34H41N3O6S/c1-7-41-30(38)20-35-31(39)24(3)17-23(2)18-27-22-44-32(36-27)29(37-33(40)43-34(4,5)6)19-25-13-15-28(16-14-25)42-21-26-11-9-8-10-12-26/h8-18,22,29H,7,19-21H2,1-6H3,(H,35,39)(H,37,40)/b23-18+,24-17-/t29-/m0/s1. The summed E-state index contributed by atoms with van der Waals surface area (Å²) in [4.78, 5) is 41.4. The number of esters is 1. The van der Waals surface area contributed by atoms with Crippen LogP contribution in [-0.4, -0.2) is 41.7 Å². The summed E-state index contributed by atoms with van der Waals surface area (Å²) in [5.41, 5.74) is 3.37. The zero-order valence-corrected chi connectivity index (χ0v) is 27.0. The molecule has 1 aromatic heterocycles. The first kappa shape index (κ1) is 34.1. The van der Waals surface area contributed by atoms with Crippen LogP contribution < -0.4 is 15.4 Å². The van der Waals surface area contributed by atoms with Crippen molar-refractivity contribution in [1.82, 2.24) is 15.6 Å². The van der Waals surface area contributed by atoms with Gasteiger partial charge in [0.2, 0.25) is 5.91 Å². The van der Waals surface area contributed by atoms with Gasteiger partial charge in [-0.25, -0.2) is 9.78 Å².